The lowest BCUT2D eigenvalue weighted by Gasteiger charge is -2.17. The molecule has 0 N–H and O–H groups in total. The molecule has 118 valence electrons. The molecule has 0 saturated carbocycles. The smallest absolute Gasteiger partial charge is 0.294 e. The second-order valence-corrected chi connectivity index (χ2v) is 6.20. The predicted octanol–water partition coefficient (Wildman–Crippen LogP) is 3.63. The molecule has 0 aromatic heterocycles. The van der Waals surface area contributed by atoms with Gasteiger partial charge in [-0.05, 0) is 35.7 Å². The summed E-state index contributed by atoms with van der Waals surface area (Å²) < 4.78 is 13.5. The molecular formula is C16H12BrFN2O3. The lowest BCUT2D eigenvalue weighted by atomic mass is 10.1. The minimum absolute atomic E-state index is 0.0763. The zero-order chi connectivity index (χ0) is 16.6. The number of amides is 1. The summed E-state index contributed by atoms with van der Waals surface area (Å²) in [6, 6.07) is 8.87. The highest BCUT2D eigenvalue weighted by Crippen LogP contribution is 2.39. The van der Waals surface area contributed by atoms with Crippen LogP contribution in [0.25, 0.3) is 0 Å². The number of nitrogens with zero attached hydrogens (tertiary/aromatic N) is 2. The van der Waals surface area contributed by atoms with Gasteiger partial charge in [0.2, 0.25) is 5.91 Å². The van der Waals surface area contributed by atoms with E-state index in [1.54, 1.807) is 18.2 Å². The van der Waals surface area contributed by atoms with E-state index in [-0.39, 0.29) is 23.8 Å². The third-order valence-electron chi connectivity index (χ3n) is 3.77. The third-order valence-corrected chi connectivity index (χ3v) is 4.23. The Bertz CT molecular complexity index is 793. The van der Waals surface area contributed by atoms with Crippen molar-refractivity contribution in [1.82, 2.24) is 0 Å². The molecule has 0 aliphatic carbocycles. The lowest BCUT2D eigenvalue weighted by molar-refractivity contribution is -0.384. The number of rotatable bonds is 3. The highest BCUT2D eigenvalue weighted by atomic mass is 79.9. The first-order valence-electron chi connectivity index (χ1n) is 6.97. The van der Waals surface area contributed by atoms with Crippen LogP contribution in [0, 0.1) is 15.9 Å². The summed E-state index contributed by atoms with van der Waals surface area (Å²) in [7, 11) is 0. The summed E-state index contributed by atoms with van der Waals surface area (Å²) in [6.45, 7) is 0.409. The number of carbonyl (C=O) groups is 1. The molecular weight excluding hydrogens is 367 g/mol. The van der Waals surface area contributed by atoms with Gasteiger partial charge in [-0.15, -0.1) is 0 Å². The van der Waals surface area contributed by atoms with Gasteiger partial charge in [-0.25, -0.2) is 4.39 Å². The highest BCUT2D eigenvalue weighted by molar-refractivity contribution is 9.10. The minimum atomic E-state index is -0.479. The van der Waals surface area contributed by atoms with E-state index in [1.807, 2.05) is 0 Å². The van der Waals surface area contributed by atoms with Gasteiger partial charge in [-0.1, -0.05) is 28.1 Å². The Balaban J connectivity index is 1.91. The molecule has 1 aliphatic heterocycles. The van der Waals surface area contributed by atoms with Crippen LogP contribution in [0.2, 0.25) is 0 Å². The maximum atomic E-state index is 12.9. The first-order valence-corrected chi connectivity index (χ1v) is 7.76. The number of halogens is 2. The van der Waals surface area contributed by atoms with Crippen molar-refractivity contribution in [1.29, 1.82) is 0 Å². The van der Waals surface area contributed by atoms with Crippen molar-refractivity contribution in [3.05, 3.63) is 67.9 Å². The number of hydrogen-bond donors (Lipinski definition) is 0. The number of carbonyl (C=O) groups excluding carboxylic acids is 1. The molecule has 1 aliphatic rings. The normalized spacial score (nSPS) is 13.0. The first-order chi connectivity index (χ1) is 11.0. The Morgan fingerprint density at radius 3 is 2.65 bits per heavy atom. The van der Waals surface area contributed by atoms with Crippen molar-refractivity contribution in [2.24, 2.45) is 0 Å². The number of benzene rings is 2. The van der Waals surface area contributed by atoms with Gasteiger partial charge >= 0.3 is 0 Å². The van der Waals surface area contributed by atoms with Crippen molar-refractivity contribution in [2.75, 3.05) is 11.4 Å². The Morgan fingerprint density at radius 1 is 1.30 bits per heavy atom. The topological polar surface area (TPSA) is 63.5 Å². The van der Waals surface area contributed by atoms with Gasteiger partial charge < -0.3 is 4.90 Å². The second kappa shape index (κ2) is 6.08. The summed E-state index contributed by atoms with van der Waals surface area (Å²) in [4.78, 5) is 24.8. The van der Waals surface area contributed by atoms with E-state index in [0.717, 1.165) is 5.56 Å². The van der Waals surface area contributed by atoms with Crippen LogP contribution in [0.5, 0.6) is 0 Å². The van der Waals surface area contributed by atoms with E-state index in [2.05, 4.69) is 15.9 Å². The van der Waals surface area contributed by atoms with Crippen molar-refractivity contribution < 1.29 is 14.1 Å². The average Bonchev–Trinajstić information content (AvgIpc) is 2.92. The number of nitro benzene ring substituents is 1. The van der Waals surface area contributed by atoms with Crippen LogP contribution >= 0.6 is 15.9 Å². The Hall–Kier alpha value is -2.28. The van der Waals surface area contributed by atoms with Crippen molar-refractivity contribution in [3.63, 3.8) is 0 Å². The van der Waals surface area contributed by atoms with Gasteiger partial charge in [0.25, 0.3) is 5.69 Å². The van der Waals surface area contributed by atoms with Crippen LogP contribution in [-0.4, -0.2) is 17.4 Å². The molecule has 0 fully saturated rings. The monoisotopic (exact) mass is 378 g/mol. The zero-order valence-corrected chi connectivity index (χ0v) is 13.5. The van der Waals surface area contributed by atoms with Crippen molar-refractivity contribution >= 4 is 33.2 Å². The number of hydrogen-bond acceptors (Lipinski definition) is 3. The van der Waals surface area contributed by atoms with Gasteiger partial charge in [0.15, 0.2) is 0 Å². The fourth-order valence-electron chi connectivity index (χ4n) is 2.75. The van der Waals surface area contributed by atoms with E-state index in [4.69, 9.17) is 0 Å². The fraction of sp³-hybridized carbons (Fsp3) is 0.188. The molecule has 2 aromatic carbocycles. The van der Waals surface area contributed by atoms with Crippen LogP contribution in [0.3, 0.4) is 0 Å². The fourth-order valence-corrected chi connectivity index (χ4v) is 3.24. The molecule has 2 aromatic rings. The van der Waals surface area contributed by atoms with Crippen LogP contribution < -0.4 is 4.90 Å². The van der Waals surface area contributed by atoms with E-state index in [0.29, 0.717) is 28.7 Å². The molecule has 1 heterocycles. The third kappa shape index (κ3) is 3.10. The van der Waals surface area contributed by atoms with Crippen LogP contribution in [-0.2, 0) is 17.6 Å². The molecule has 1 amide bonds. The molecule has 0 atom stereocenters. The number of nitro groups is 1. The van der Waals surface area contributed by atoms with Gasteiger partial charge in [-0.2, -0.15) is 0 Å². The number of anilines is 1. The largest absolute Gasteiger partial charge is 0.306 e. The molecule has 0 spiro atoms. The van der Waals surface area contributed by atoms with Gasteiger partial charge in [0.05, 0.1) is 11.3 Å². The summed E-state index contributed by atoms with van der Waals surface area (Å²) >= 11 is 3.26. The van der Waals surface area contributed by atoms with Gasteiger partial charge in [0, 0.05) is 17.1 Å². The number of fused-ring (bicyclic) bond motifs is 1. The Kier molecular flexibility index (Phi) is 4.12. The summed E-state index contributed by atoms with van der Waals surface area (Å²) in [5.74, 6) is -0.603. The van der Waals surface area contributed by atoms with Gasteiger partial charge in [0.1, 0.15) is 11.5 Å². The zero-order valence-electron chi connectivity index (χ0n) is 12.0. The SMILES string of the molecule is O=C(Cc1ccc(F)cc1)N1CCc2cc(Br)cc([N+](=O)[O-])c21. The maximum Gasteiger partial charge on any atom is 0.294 e. The minimum Gasteiger partial charge on any atom is -0.306 e. The predicted molar refractivity (Wildman–Crippen MR) is 87.0 cm³/mol. The molecule has 5 nitrogen and oxygen atoms in total. The highest BCUT2D eigenvalue weighted by Gasteiger charge is 2.32. The molecule has 23 heavy (non-hydrogen) atoms. The van der Waals surface area contributed by atoms with E-state index in [1.165, 1.54) is 23.1 Å². The summed E-state index contributed by atoms with van der Waals surface area (Å²) in [5.41, 5.74) is 1.73. The van der Waals surface area contributed by atoms with Gasteiger partial charge in [-0.3, -0.25) is 14.9 Å². The maximum absolute atomic E-state index is 12.9. The second-order valence-electron chi connectivity index (χ2n) is 5.29. The molecule has 0 unspecified atom stereocenters. The summed E-state index contributed by atoms with van der Waals surface area (Å²) in [6.07, 6.45) is 0.651. The Labute approximate surface area is 140 Å². The molecule has 0 radical (unpaired) electrons. The molecule has 3 rings (SSSR count). The molecule has 0 saturated heterocycles. The van der Waals surface area contributed by atoms with Crippen LogP contribution in [0.4, 0.5) is 15.8 Å². The van der Waals surface area contributed by atoms with E-state index >= 15 is 0 Å². The van der Waals surface area contributed by atoms with Crippen LogP contribution in [0.1, 0.15) is 11.1 Å². The van der Waals surface area contributed by atoms with Crippen molar-refractivity contribution in [2.45, 2.75) is 12.8 Å². The summed E-state index contributed by atoms with van der Waals surface area (Å²) in [5, 5.41) is 11.3. The first kappa shape index (κ1) is 15.6. The molecule has 0 bridgehead atoms. The molecule has 7 heteroatoms. The average molecular weight is 379 g/mol. The van der Waals surface area contributed by atoms with Crippen molar-refractivity contribution in [3.8, 4) is 0 Å². The quantitative estimate of drug-likeness (QED) is 0.605. The van der Waals surface area contributed by atoms with E-state index < -0.39 is 4.92 Å². The van der Waals surface area contributed by atoms with Crippen LogP contribution in [0.15, 0.2) is 40.9 Å². The standard InChI is InChI=1S/C16H12BrFN2O3/c17-12-8-11-5-6-19(16(11)14(9-12)20(22)23)15(21)7-10-1-3-13(18)4-2-10/h1-4,8-9H,5-7H2. The Morgan fingerprint density at radius 2 is 2.00 bits per heavy atom. The lowest BCUT2D eigenvalue weighted by Crippen LogP contribution is -2.30. The van der Waals surface area contributed by atoms with E-state index in [9.17, 15) is 19.3 Å².